The first-order valence-corrected chi connectivity index (χ1v) is 10.8. The van der Waals surface area contributed by atoms with E-state index in [1.807, 2.05) is 53.4 Å². The highest BCUT2D eigenvalue weighted by Gasteiger charge is 2.34. The molecule has 1 N–H and O–H groups in total. The molecular weight excluding hydrogens is 394 g/mol. The van der Waals surface area contributed by atoms with E-state index in [0.717, 1.165) is 16.9 Å². The van der Waals surface area contributed by atoms with Crippen molar-refractivity contribution in [3.8, 4) is 5.75 Å². The molecule has 2 aromatic rings. The predicted octanol–water partition coefficient (Wildman–Crippen LogP) is 2.87. The molecule has 1 atom stereocenters. The van der Waals surface area contributed by atoms with Crippen molar-refractivity contribution in [2.75, 3.05) is 49.6 Å². The first-order valence-electron chi connectivity index (χ1n) is 10.8. The molecule has 164 valence electrons. The summed E-state index contributed by atoms with van der Waals surface area (Å²) in [6.07, 6.45) is -0.649. The van der Waals surface area contributed by atoms with Gasteiger partial charge in [-0.25, -0.2) is 0 Å². The molecule has 0 bridgehead atoms. The summed E-state index contributed by atoms with van der Waals surface area (Å²) in [6, 6.07) is 15.4. The fourth-order valence-corrected chi connectivity index (χ4v) is 4.05. The van der Waals surface area contributed by atoms with E-state index in [0.29, 0.717) is 44.5 Å². The predicted molar refractivity (Wildman–Crippen MR) is 120 cm³/mol. The lowest BCUT2D eigenvalue weighted by atomic mass is 10.0. The van der Waals surface area contributed by atoms with Crippen LogP contribution in [0.3, 0.4) is 0 Å². The van der Waals surface area contributed by atoms with Crippen molar-refractivity contribution < 1.29 is 19.1 Å². The van der Waals surface area contributed by atoms with Crippen LogP contribution in [0.2, 0.25) is 0 Å². The number of morpholine rings is 1. The Morgan fingerprint density at radius 1 is 1.06 bits per heavy atom. The van der Waals surface area contributed by atoms with E-state index in [1.165, 1.54) is 0 Å². The van der Waals surface area contributed by atoms with Gasteiger partial charge in [0, 0.05) is 18.8 Å². The highest BCUT2D eigenvalue weighted by atomic mass is 16.5. The molecule has 4 rings (SSSR count). The van der Waals surface area contributed by atoms with Gasteiger partial charge >= 0.3 is 0 Å². The number of hydrogen-bond donors (Lipinski definition) is 1. The summed E-state index contributed by atoms with van der Waals surface area (Å²) in [7, 11) is 0. The number of carbonyl (C=O) groups is 2. The van der Waals surface area contributed by atoms with Crippen molar-refractivity contribution in [2.45, 2.75) is 25.9 Å². The van der Waals surface area contributed by atoms with Crippen molar-refractivity contribution in [3.05, 3.63) is 54.1 Å². The van der Waals surface area contributed by atoms with Gasteiger partial charge < -0.3 is 24.6 Å². The molecule has 7 nitrogen and oxygen atoms in total. The average Bonchev–Trinajstić information content (AvgIpc) is 2.79. The van der Waals surface area contributed by atoms with Gasteiger partial charge in [0.15, 0.2) is 6.10 Å². The number of nitrogens with one attached hydrogen (secondary N) is 1. The normalized spacial score (nSPS) is 18.4. The molecule has 2 heterocycles. The Labute approximate surface area is 182 Å². The van der Waals surface area contributed by atoms with Crippen LogP contribution in [-0.2, 0) is 14.3 Å². The summed E-state index contributed by atoms with van der Waals surface area (Å²) in [5.74, 6) is 0.739. The monoisotopic (exact) mass is 423 g/mol. The second-order valence-corrected chi connectivity index (χ2v) is 8.18. The zero-order chi connectivity index (χ0) is 21.8. The maximum absolute atomic E-state index is 13.0. The van der Waals surface area contributed by atoms with Gasteiger partial charge in [-0.1, -0.05) is 44.2 Å². The minimum atomic E-state index is -0.649. The molecule has 0 unspecified atom stereocenters. The minimum Gasteiger partial charge on any atom is -0.477 e. The van der Waals surface area contributed by atoms with E-state index in [9.17, 15) is 9.59 Å². The van der Waals surface area contributed by atoms with Gasteiger partial charge in [-0.15, -0.1) is 0 Å². The van der Waals surface area contributed by atoms with E-state index in [1.54, 1.807) is 4.90 Å². The Bertz CT molecular complexity index is 940. The zero-order valence-corrected chi connectivity index (χ0v) is 18.0. The molecule has 7 heteroatoms. The smallest absolute Gasteiger partial charge is 0.265 e. The van der Waals surface area contributed by atoms with E-state index in [2.05, 4.69) is 19.2 Å². The summed E-state index contributed by atoms with van der Waals surface area (Å²) < 4.78 is 11.4. The number of benzene rings is 2. The molecule has 0 aromatic heterocycles. The Kier molecular flexibility index (Phi) is 6.42. The van der Waals surface area contributed by atoms with E-state index in [4.69, 9.17) is 9.47 Å². The Morgan fingerprint density at radius 3 is 2.55 bits per heavy atom. The fraction of sp³-hybridized carbons (Fsp3) is 0.417. The number of rotatable bonds is 5. The van der Waals surface area contributed by atoms with Gasteiger partial charge in [-0.05, 0) is 29.7 Å². The summed E-state index contributed by atoms with van der Waals surface area (Å²) >= 11 is 0. The number of carbonyl (C=O) groups excluding carboxylic acids is 2. The topological polar surface area (TPSA) is 71.1 Å². The molecule has 0 spiro atoms. The van der Waals surface area contributed by atoms with E-state index < -0.39 is 6.10 Å². The number of anilines is 2. The molecule has 0 aliphatic carbocycles. The molecule has 2 aliphatic rings. The molecule has 0 radical (unpaired) electrons. The summed E-state index contributed by atoms with van der Waals surface area (Å²) in [4.78, 5) is 29.7. The third-order valence-corrected chi connectivity index (χ3v) is 5.65. The largest absolute Gasteiger partial charge is 0.477 e. The quantitative estimate of drug-likeness (QED) is 0.801. The second kappa shape index (κ2) is 9.39. The highest BCUT2D eigenvalue weighted by Crippen LogP contribution is 2.33. The number of nitrogens with zero attached hydrogens (tertiary/aromatic N) is 2. The van der Waals surface area contributed by atoms with Crippen LogP contribution in [0.1, 0.15) is 25.3 Å². The van der Waals surface area contributed by atoms with Crippen LogP contribution in [0.15, 0.2) is 48.5 Å². The van der Waals surface area contributed by atoms with Crippen LogP contribution in [0, 0.1) is 0 Å². The maximum Gasteiger partial charge on any atom is 0.265 e. The standard InChI is InChI=1S/C24H29N3O4/c1-17(2)18-7-3-4-8-19(18)25-23(28)16-27-15-22(24(29)26-11-13-30-14-12-26)31-21-10-6-5-9-20(21)27/h3-10,17,22H,11-16H2,1-2H3,(H,25,28)/t22-/m0/s1. The van der Waals surface area contributed by atoms with Crippen LogP contribution in [0.4, 0.5) is 11.4 Å². The Balaban J connectivity index is 1.50. The lowest BCUT2D eigenvalue weighted by molar-refractivity contribution is -0.142. The van der Waals surface area contributed by atoms with Gasteiger partial charge in [0.1, 0.15) is 5.75 Å². The SMILES string of the molecule is CC(C)c1ccccc1NC(=O)CN1C[C@@H](C(=O)N2CCOCC2)Oc2ccccc21. The van der Waals surface area contributed by atoms with Crippen molar-refractivity contribution >= 4 is 23.2 Å². The number of hydrogen-bond acceptors (Lipinski definition) is 5. The number of para-hydroxylation sites is 3. The molecule has 2 amide bonds. The lowest BCUT2D eigenvalue weighted by Gasteiger charge is -2.38. The van der Waals surface area contributed by atoms with Gasteiger partial charge in [0.2, 0.25) is 5.91 Å². The molecule has 31 heavy (non-hydrogen) atoms. The molecule has 1 saturated heterocycles. The van der Waals surface area contributed by atoms with Crippen LogP contribution in [0.5, 0.6) is 5.75 Å². The van der Waals surface area contributed by atoms with Gasteiger partial charge in [0.25, 0.3) is 5.91 Å². The fourth-order valence-electron chi connectivity index (χ4n) is 4.05. The first kappa shape index (κ1) is 21.2. The van der Waals surface area contributed by atoms with Crippen molar-refractivity contribution in [3.63, 3.8) is 0 Å². The van der Waals surface area contributed by atoms with E-state index in [-0.39, 0.29) is 18.4 Å². The van der Waals surface area contributed by atoms with Gasteiger partial charge in [-0.2, -0.15) is 0 Å². The Morgan fingerprint density at radius 2 is 1.77 bits per heavy atom. The minimum absolute atomic E-state index is 0.0617. The molecule has 2 aliphatic heterocycles. The van der Waals surface area contributed by atoms with Crippen molar-refractivity contribution in [1.82, 2.24) is 4.90 Å². The van der Waals surface area contributed by atoms with E-state index >= 15 is 0 Å². The second-order valence-electron chi connectivity index (χ2n) is 8.18. The lowest BCUT2D eigenvalue weighted by Crippen LogP contribution is -2.53. The first-order chi connectivity index (χ1) is 15.0. The number of fused-ring (bicyclic) bond motifs is 1. The molecule has 2 aromatic carbocycles. The van der Waals surface area contributed by atoms with Crippen LogP contribution in [-0.4, -0.2) is 62.2 Å². The maximum atomic E-state index is 13.0. The molecule has 1 fully saturated rings. The highest BCUT2D eigenvalue weighted by molar-refractivity contribution is 5.95. The molecular formula is C24H29N3O4. The van der Waals surface area contributed by atoms with Gasteiger partial charge in [0.05, 0.1) is 32.0 Å². The average molecular weight is 424 g/mol. The zero-order valence-electron chi connectivity index (χ0n) is 18.0. The van der Waals surface area contributed by atoms with Crippen LogP contribution >= 0.6 is 0 Å². The molecule has 0 saturated carbocycles. The summed E-state index contributed by atoms with van der Waals surface area (Å²) in [5, 5.41) is 3.04. The number of ether oxygens (including phenoxy) is 2. The van der Waals surface area contributed by atoms with Crippen LogP contribution in [0.25, 0.3) is 0 Å². The summed E-state index contributed by atoms with van der Waals surface area (Å²) in [6.45, 7) is 6.87. The van der Waals surface area contributed by atoms with Crippen molar-refractivity contribution in [1.29, 1.82) is 0 Å². The van der Waals surface area contributed by atoms with Crippen molar-refractivity contribution in [2.24, 2.45) is 0 Å². The third kappa shape index (κ3) is 4.82. The summed E-state index contributed by atoms with van der Waals surface area (Å²) in [5.41, 5.74) is 2.74. The third-order valence-electron chi connectivity index (χ3n) is 5.65. The Hall–Kier alpha value is -3.06. The number of amides is 2. The van der Waals surface area contributed by atoms with Gasteiger partial charge in [-0.3, -0.25) is 9.59 Å². The van der Waals surface area contributed by atoms with Crippen LogP contribution < -0.4 is 15.0 Å².